The van der Waals surface area contributed by atoms with Gasteiger partial charge >= 0.3 is 12.1 Å². The number of hydrogen-bond donors (Lipinski definition) is 2. The van der Waals surface area contributed by atoms with Gasteiger partial charge in [0.2, 0.25) is 0 Å². The average Bonchev–Trinajstić information content (AvgIpc) is 3.21. The second-order valence-corrected chi connectivity index (χ2v) is 8.77. The van der Waals surface area contributed by atoms with Crippen LogP contribution in [0.25, 0.3) is 22.3 Å². The summed E-state index contributed by atoms with van der Waals surface area (Å²) in [5.41, 5.74) is 6.67. The minimum Gasteiger partial charge on any atom is -0.480 e. The number of alkyl carbamates (subject to hydrolysis) is 1. The van der Waals surface area contributed by atoms with E-state index in [0.717, 1.165) is 38.9 Å². The summed E-state index contributed by atoms with van der Waals surface area (Å²) >= 11 is 0. The van der Waals surface area contributed by atoms with Crippen molar-refractivity contribution in [3.05, 3.63) is 120 Å². The first kappa shape index (κ1) is 23.3. The Morgan fingerprint density at radius 2 is 1.47 bits per heavy atom. The normalized spacial score (nSPS) is 12.9. The van der Waals surface area contributed by atoms with Gasteiger partial charge in [0.1, 0.15) is 18.5 Å². The van der Waals surface area contributed by atoms with E-state index in [9.17, 15) is 19.1 Å². The molecule has 1 atom stereocenters. The molecule has 0 aromatic heterocycles. The van der Waals surface area contributed by atoms with Gasteiger partial charge in [-0.05, 0) is 51.1 Å². The predicted octanol–water partition coefficient (Wildman–Crippen LogP) is 6.03. The number of carboxylic acids is 1. The van der Waals surface area contributed by atoms with Crippen LogP contribution in [0.4, 0.5) is 9.18 Å². The lowest BCUT2D eigenvalue weighted by molar-refractivity contribution is -0.139. The summed E-state index contributed by atoms with van der Waals surface area (Å²) in [6.45, 7) is 0.106. The molecule has 0 fully saturated rings. The molecule has 0 saturated heterocycles. The van der Waals surface area contributed by atoms with Crippen LogP contribution in [0.2, 0.25) is 0 Å². The van der Waals surface area contributed by atoms with Crippen LogP contribution in [-0.4, -0.2) is 29.8 Å². The molecule has 5 nitrogen and oxygen atoms in total. The summed E-state index contributed by atoms with van der Waals surface area (Å²) in [5, 5.41) is 12.2. The highest BCUT2D eigenvalue weighted by Gasteiger charge is 2.29. The lowest BCUT2D eigenvalue weighted by Crippen LogP contribution is -2.42. The van der Waals surface area contributed by atoms with E-state index in [2.05, 4.69) is 5.32 Å². The highest BCUT2D eigenvalue weighted by atomic mass is 19.1. The number of benzene rings is 4. The first-order chi connectivity index (χ1) is 17.5. The van der Waals surface area contributed by atoms with Gasteiger partial charge < -0.3 is 15.2 Å². The molecule has 0 spiro atoms. The molecule has 0 heterocycles. The molecule has 0 bridgehead atoms. The molecule has 6 heteroatoms. The van der Waals surface area contributed by atoms with Gasteiger partial charge in [-0.15, -0.1) is 0 Å². The van der Waals surface area contributed by atoms with Gasteiger partial charge in [0.25, 0.3) is 0 Å². The number of carboxylic acid groups (broad SMARTS) is 1. The van der Waals surface area contributed by atoms with Crippen LogP contribution in [0, 0.1) is 5.82 Å². The zero-order valence-electron chi connectivity index (χ0n) is 19.4. The highest BCUT2D eigenvalue weighted by molar-refractivity contribution is 5.81. The topological polar surface area (TPSA) is 75.6 Å². The van der Waals surface area contributed by atoms with Gasteiger partial charge in [0, 0.05) is 12.3 Å². The molecule has 0 unspecified atom stereocenters. The number of fused-ring (bicyclic) bond motifs is 3. The lowest BCUT2D eigenvalue weighted by Gasteiger charge is -2.17. The zero-order valence-corrected chi connectivity index (χ0v) is 19.4. The van der Waals surface area contributed by atoms with Crippen molar-refractivity contribution in [3.63, 3.8) is 0 Å². The van der Waals surface area contributed by atoms with Crippen molar-refractivity contribution in [1.29, 1.82) is 0 Å². The van der Waals surface area contributed by atoms with E-state index in [1.54, 1.807) is 36.4 Å². The fraction of sp³-hybridized carbons (Fsp3) is 0.133. The minimum atomic E-state index is -1.15. The highest BCUT2D eigenvalue weighted by Crippen LogP contribution is 2.44. The molecule has 0 radical (unpaired) electrons. The number of halogens is 1. The van der Waals surface area contributed by atoms with Gasteiger partial charge in [-0.1, -0.05) is 84.9 Å². The lowest BCUT2D eigenvalue weighted by atomic mass is 9.98. The first-order valence-corrected chi connectivity index (χ1v) is 11.7. The quantitative estimate of drug-likeness (QED) is 0.338. The van der Waals surface area contributed by atoms with Crippen molar-refractivity contribution in [3.8, 4) is 22.3 Å². The third-order valence-corrected chi connectivity index (χ3v) is 6.49. The van der Waals surface area contributed by atoms with Crippen LogP contribution >= 0.6 is 0 Å². The summed E-state index contributed by atoms with van der Waals surface area (Å²) in [4.78, 5) is 24.4. The van der Waals surface area contributed by atoms with Crippen LogP contribution in [0.1, 0.15) is 22.6 Å². The van der Waals surface area contributed by atoms with Crippen LogP contribution in [0.5, 0.6) is 0 Å². The van der Waals surface area contributed by atoms with Crippen LogP contribution in [0.3, 0.4) is 0 Å². The van der Waals surface area contributed by atoms with E-state index in [-0.39, 0.29) is 24.8 Å². The smallest absolute Gasteiger partial charge is 0.407 e. The predicted molar refractivity (Wildman–Crippen MR) is 135 cm³/mol. The van der Waals surface area contributed by atoms with Crippen LogP contribution in [-0.2, 0) is 16.0 Å². The molecule has 1 aliphatic carbocycles. The van der Waals surface area contributed by atoms with Gasteiger partial charge in [-0.25, -0.2) is 14.0 Å². The van der Waals surface area contributed by atoms with Gasteiger partial charge in [0.15, 0.2) is 0 Å². The molecular formula is C30H24FNO4. The van der Waals surface area contributed by atoms with E-state index in [1.165, 1.54) is 12.1 Å². The molecule has 4 aromatic carbocycles. The summed E-state index contributed by atoms with van der Waals surface area (Å²) in [6, 6.07) is 28.3. The van der Waals surface area contributed by atoms with Crippen molar-refractivity contribution in [2.45, 2.75) is 18.4 Å². The number of carbonyl (C=O) groups excluding carboxylic acids is 1. The molecule has 5 rings (SSSR count). The van der Waals surface area contributed by atoms with Gasteiger partial charge in [-0.3, -0.25) is 0 Å². The van der Waals surface area contributed by atoms with Crippen molar-refractivity contribution in [1.82, 2.24) is 5.32 Å². The first-order valence-electron chi connectivity index (χ1n) is 11.7. The molecule has 0 saturated carbocycles. The fourth-order valence-electron chi connectivity index (χ4n) is 4.72. The number of aliphatic carboxylic acids is 1. The third kappa shape index (κ3) is 4.84. The SMILES string of the molecule is O=C(N[C@@H](Cc1ccc(-c2cccc(F)c2)cc1)C(=O)O)OCC1c2ccccc2-c2ccccc21. The second kappa shape index (κ2) is 10.0. The fourth-order valence-corrected chi connectivity index (χ4v) is 4.72. The standard InChI is InChI=1S/C30H24FNO4/c31-22-7-5-6-21(17-22)20-14-12-19(13-15-20)16-28(29(33)34)32-30(35)36-18-27-25-10-3-1-8-23(25)24-9-2-4-11-26(24)27/h1-15,17,27-28H,16,18H2,(H,32,35)(H,33,34)/t28-/m0/s1. The summed E-state index contributed by atoms with van der Waals surface area (Å²) < 4.78 is 19.0. The second-order valence-electron chi connectivity index (χ2n) is 8.77. The van der Waals surface area contributed by atoms with Crippen LogP contribution < -0.4 is 5.32 Å². The maximum atomic E-state index is 13.5. The van der Waals surface area contributed by atoms with Crippen molar-refractivity contribution < 1.29 is 23.8 Å². The van der Waals surface area contributed by atoms with Crippen LogP contribution in [0.15, 0.2) is 97.1 Å². The minimum absolute atomic E-state index is 0.0863. The zero-order chi connectivity index (χ0) is 25.1. The Balaban J connectivity index is 1.23. The Labute approximate surface area is 208 Å². The van der Waals surface area contributed by atoms with E-state index < -0.39 is 18.1 Å². The Kier molecular flexibility index (Phi) is 6.50. The summed E-state index contributed by atoms with van der Waals surface area (Å²) in [5.74, 6) is -1.59. The van der Waals surface area contributed by atoms with E-state index in [0.29, 0.717) is 0 Å². The third-order valence-electron chi connectivity index (χ3n) is 6.49. The number of hydrogen-bond acceptors (Lipinski definition) is 3. The Hall–Kier alpha value is -4.45. The van der Waals surface area contributed by atoms with E-state index in [4.69, 9.17) is 4.74 Å². The Morgan fingerprint density at radius 3 is 2.08 bits per heavy atom. The number of amides is 1. The number of nitrogens with one attached hydrogen (secondary N) is 1. The van der Waals surface area contributed by atoms with Crippen molar-refractivity contribution in [2.75, 3.05) is 6.61 Å². The van der Waals surface area contributed by atoms with Crippen molar-refractivity contribution in [2.24, 2.45) is 0 Å². The van der Waals surface area contributed by atoms with Gasteiger partial charge in [-0.2, -0.15) is 0 Å². The molecule has 1 amide bonds. The molecule has 4 aromatic rings. The summed E-state index contributed by atoms with van der Waals surface area (Å²) in [7, 11) is 0. The van der Waals surface area contributed by atoms with Gasteiger partial charge in [0.05, 0.1) is 0 Å². The maximum absolute atomic E-state index is 13.5. The average molecular weight is 482 g/mol. The van der Waals surface area contributed by atoms with E-state index in [1.807, 2.05) is 48.5 Å². The molecule has 0 aliphatic heterocycles. The Bertz CT molecular complexity index is 1370. The maximum Gasteiger partial charge on any atom is 0.407 e. The molecule has 1 aliphatic rings. The Morgan fingerprint density at radius 1 is 0.833 bits per heavy atom. The van der Waals surface area contributed by atoms with Crippen molar-refractivity contribution >= 4 is 12.1 Å². The molecule has 36 heavy (non-hydrogen) atoms. The monoisotopic (exact) mass is 481 g/mol. The van der Waals surface area contributed by atoms with E-state index >= 15 is 0 Å². The number of rotatable bonds is 7. The molecule has 180 valence electrons. The molecule has 2 N–H and O–H groups in total. The number of ether oxygens (including phenoxy) is 1. The molecular weight excluding hydrogens is 457 g/mol. The number of carbonyl (C=O) groups is 2. The largest absolute Gasteiger partial charge is 0.480 e. The summed E-state index contributed by atoms with van der Waals surface area (Å²) in [6.07, 6.45) is -0.691.